The third-order valence-electron chi connectivity index (χ3n) is 3.82. The van der Waals surface area contributed by atoms with Crippen LogP contribution in [0, 0.1) is 11.7 Å². The largest absolute Gasteiger partial charge is 0.312 e. The van der Waals surface area contributed by atoms with E-state index in [1.165, 1.54) is 18.3 Å². The summed E-state index contributed by atoms with van der Waals surface area (Å²) in [6, 6.07) is 15.0. The minimum absolute atomic E-state index is 0.0798. The van der Waals surface area contributed by atoms with Crippen LogP contribution in [-0.2, 0) is 9.59 Å². The monoisotopic (exact) mass is 325 g/mol. The topological polar surface area (TPSA) is 61.8 Å². The third kappa shape index (κ3) is 3.65. The maximum absolute atomic E-state index is 12.8. The number of nitrogens with zero attached hydrogens (tertiary/aromatic N) is 2. The average Bonchev–Trinajstić information content (AvgIpc) is 2.99. The van der Waals surface area contributed by atoms with Crippen molar-refractivity contribution >= 4 is 23.7 Å². The van der Waals surface area contributed by atoms with E-state index in [1.807, 2.05) is 30.3 Å². The minimum Gasteiger partial charge on any atom is -0.312 e. The zero-order chi connectivity index (χ0) is 16.9. The van der Waals surface area contributed by atoms with Crippen LogP contribution in [0.5, 0.6) is 0 Å². The molecule has 2 aromatic carbocycles. The summed E-state index contributed by atoms with van der Waals surface area (Å²) in [5, 5.41) is 3.86. The van der Waals surface area contributed by atoms with Gasteiger partial charge in [-0.3, -0.25) is 9.59 Å². The summed E-state index contributed by atoms with van der Waals surface area (Å²) in [6.45, 7) is 0.334. The van der Waals surface area contributed by atoms with Crippen molar-refractivity contribution in [3.63, 3.8) is 0 Å². The van der Waals surface area contributed by atoms with Crippen molar-refractivity contribution in [1.82, 2.24) is 5.43 Å². The molecule has 0 spiro atoms. The number of amides is 2. The van der Waals surface area contributed by atoms with Crippen molar-refractivity contribution in [1.29, 1.82) is 0 Å². The number of halogens is 1. The smallest absolute Gasteiger partial charge is 0.245 e. The first kappa shape index (κ1) is 15.9. The van der Waals surface area contributed by atoms with Crippen molar-refractivity contribution in [2.24, 2.45) is 11.0 Å². The lowest BCUT2D eigenvalue weighted by molar-refractivity contribution is -0.126. The molecule has 1 saturated heterocycles. The Hall–Kier alpha value is -3.02. The van der Waals surface area contributed by atoms with Crippen molar-refractivity contribution in [3.05, 3.63) is 66.0 Å². The van der Waals surface area contributed by atoms with Gasteiger partial charge in [0.1, 0.15) is 5.82 Å². The Kier molecular flexibility index (Phi) is 4.65. The summed E-state index contributed by atoms with van der Waals surface area (Å²) in [5.41, 5.74) is 3.89. The molecule has 3 rings (SSSR count). The van der Waals surface area contributed by atoms with E-state index in [-0.39, 0.29) is 24.1 Å². The van der Waals surface area contributed by atoms with E-state index in [0.717, 1.165) is 5.69 Å². The summed E-state index contributed by atoms with van der Waals surface area (Å²) in [4.78, 5) is 25.8. The number of carbonyl (C=O) groups is 2. The van der Waals surface area contributed by atoms with Crippen molar-refractivity contribution in [2.75, 3.05) is 11.4 Å². The number of hydrazone groups is 1. The first-order valence-corrected chi connectivity index (χ1v) is 7.57. The fraction of sp³-hybridized carbons (Fsp3) is 0.167. The predicted octanol–water partition coefficient (Wildman–Crippen LogP) is 2.33. The van der Waals surface area contributed by atoms with E-state index in [4.69, 9.17) is 0 Å². The fourth-order valence-electron chi connectivity index (χ4n) is 2.55. The molecule has 0 unspecified atom stereocenters. The van der Waals surface area contributed by atoms with E-state index >= 15 is 0 Å². The van der Waals surface area contributed by atoms with Gasteiger partial charge in [-0.25, -0.2) is 9.82 Å². The predicted molar refractivity (Wildman–Crippen MR) is 89.0 cm³/mol. The molecule has 1 N–H and O–H groups in total. The molecule has 1 atom stereocenters. The van der Waals surface area contributed by atoms with Gasteiger partial charge in [0.25, 0.3) is 0 Å². The van der Waals surface area contributed by atoms with Gasteiger partial charge in [0.2, 0.25) is 11.8 Å². The Morgan fingerprint density at radius 2 is 1.88 bits per heavy atom. The molecule has 0 aliphatic carbocycles. The van der Waals surface area contributed by atoms with Gasteiger partial charge in [-0.05, 0) is 29.8 Å². The molecule has 1 heterocycles. The van der Waals surface area contributed by atoms with Gasteiger partial charge in [-0.2, -0.15) is 5.10 Å². The number of rotatable bonds is 4. The maximum atomic E-state index is 12.8. The van der Waals surface area contributed by atoms with E-state index in [0.29, 0.717) is 12.1 Å². The van der Waals surface area contributed by atoms with Gasteiger partial charge >= 0.3 is 0 Å². The van der Waals surface area contributed by atoms with Crippen LogP contribution in [0.3, 0.4) is 0 Å². The van der Waals surface area contributed by atoms with Crippen LogP contribution in [0.15, 0.2) is 59.7 Å². The molecule has 0 aromatic heterocycles. The van der Waals surface area contributed by atoms with Crippen LogP contribution in [0.2, 0.25) is 0 Å². The Labute approximate surface area is 138 Å². The highest BCUT2D eigenvalue weighted by Crippen LogP contribution is 2.24. The Morgan fingerprint density at radius 3 is 2.58 bits per heavy atom. The summed E-state index contributed by atoms with van der Waals surface area (Å²) in [7, 11) is 0. The molecule has 5 nitrogen and oxygen atoms in total. The Balaban J connectivity index is 1.58. The molecular weight excluding hydrogens is 309 g/mol. The van der Waals surface area contributed by atoms with Crippen molar-refractivity contribution < 1.29 is 14.0 Å². The molecule has 0 radical (unpaired) electrons. The van der Waals surface area contributed by atoms with Gasteiger partial charge in [0.15, 0.2) is 0 Å². The highest BCUT2D eigenvalue weighted by molar-refractivity contribution is 6.00. The molecule has 6 heteroatoms. The molecular formula is C18H16FN3O2. The zero-order valence-electron chi connectivity index (χ0n) is 12.9. The van der Waals surface area contributed by atoms with E-state index in [2.05, 4.69) is 10.5 Å². The lowest BCUT2D eigenvalue weighted by Crippen LogP contribution is -2.30. The molecule has 1 aliphatic rings. The number of para-hydroxylation sites is 1. The summed E-state index contributed by atoms with van der Waals surface area (Å²) in [5.74, 6) is -1.16. The number of benzene rings is 2. The molecule has 24 heavy (non-hydrogen) atoms. The highest BCUT2D eigenvalue weighted by atomic mass is 19.1. The van der Waals surface area contributed by atoms with Crippen LogP contribution in [0.1, 0.15) is 12.0 Å². The zero-order valence-corrected chi connectivity index (χ0v) is 12.9. The van der Waals surface area contributed by atoms with Crippen molar-refractivity contribution in [2.45, 2.75) is 6.42 Å². The molecule has 122 valence electrons. The second-order valence-corrected chi connectivity index (χ2v) is 5.53. The Morgan fingerprint density at radius 1 is 1.17 bits per heavy atom. The quantitative estimate of drug-likeness (QED) is 0.693. The number of anilines is 1. The lowest BCUT2D eigenvalue weighted by Gasteiger charge is -2.16. The van der Waals surface area contributed by atoms with Gasteiger partial charge in [-0.15, -0.1) is 0 Å². The first-order chi connectivity index (χ1) is 11.6. The minimum atomic E-state index is -0.442. The second-order valence-electron chi connectivity index (χ2n) is 5.53. The first-order valence-electron chi connectivity index (χ1n) is 7.57. The summed E-state index contributed by atoms with van der Waals surface area (Å²) >= 11 is 0. The van der Waals surface area contributed by atoms with Crippen molar-refractivity contribution in [3.8, 4) is 0 Å². The van der Waals surface area contributed by atoms with Gasteiger partial charge in [0, 0.05) is 18.7 Å². The highest BCUT2D eigenvalue weighted by Gasteiger charge is 2.34. The van der Waals surface area contributed by atoms with E-state index < -0.39 is 5.92 Å². The van der Waals surface area contributed by atoms with Crippen LogP contribution in [0.4, 0.5) is 10.1 Å². The number of hydrogen-bond acceptors (Lipinski definition) is 3. The molecule has 1 aliphatic heterocycles. The van der Waals surface area contributed by atoms with Gasteiger partial charge < -0.3 is 4.90 Å². The van der Waals surface area contributed by atoms with E-state index in [9.17, 15) is 14.0 Å². The normalized spacial score (nSPS) is 17.5. The van der Waals surface area contributed by atoms with Gasteiger partial charge in [0.05, 0.1) is 12.1 Å². The fourth-order valence-corrected chi connectivity index (χ4v) is 2.55. The standard InChI is InChI=1S/C18H16FN3O2/c19-15-8-6-13(7-9-15)11-20-21-18(24)14-10-17(23)22(12-14)16-4-2-1-3-5-16/h1-9,11,14H,10,12H2,(H,21,24)/b20-11-/t14-/m1/s1. The molecule has 0 saturated carbocycles. The number of hydrogen-bond donors (Lipinski definition) is 1. The average molecular weight is 325 g/mol. The van der Waals surface area contributed by atoms with E-state index in [1.54, 1.807) is 17.0 Å². The summed E-state index contributed by atoms with van der Waals surface area (Å²) in [6.07, 6.45) is 1.59. The van der Waals surface area contributed by atoms with Gasteiger partial charge in [-0.1, -0.05) is 30.3 Å². The van der Waals surface area contributed by atoms with Crippen LogP contribution < -0.4 is 10.3 Å². The number of carbonyl (C=O) groups excluding carboxylic acids is 2. The van der Waals surface area contributed by atoms with Crippen LogP contribution in [-0.4, -0.2) is 24.6 Å². The SMILES string of the molecule is O=C(N/N=C\c1ccc(F)cc1)[C@@H]1CC(=O)N(c2ccccc2)C1. The lowest BCUT2D eigenvalue weighted by atomic mass is 10.1. The molecule has 2 amide bonds. The van der Waals surface area contributed by atoms with Crippen LogP contribution in [0.25, 0.3) is 0 Å². The third-order valence-corrected chi connectivity index (χ3v) is 3.82. The molecule has 0 bridgehead atoms. The molecule has 1 fully saturated rings. The maximum Gasteiger partial charge on any atom is 0.245 e. The Bertz CT molecular complexity index is 760. The second kappa shape index (κ2) is 7.04. The number of nitrogens with one attached hydrogen (secondary N) is 1. The molecule has 2 aromatic rings. The summed E-state index contributed by atoms with van der Waals surface area (Å²) < 4.78 is 12.8. The van der Waals surface area contributed by atoms with Crippen LogP contribution >= 0.6 is 0 Å².